The second-order valence-electron chi connectivity index (χ2n) is 10.9. The van der Waals surface area contributed by atoms with Crippen LogP contribution in [-0.4, -0.2) is 76.4 Å². The molecule has 1 aromatic carbocycles. The Hall–Kier alpha value is -3.86. The molecule has 1 N–H and O–H groups in total. The van der Waals surface area contributed by atoms with Gasteiger partial charge in [-0.1, -0.05) is 0 Å². The number of nitrogens with zero attached hydrogens (tertiary/aromatic N) is 4. The fraction of sp³-hybridized carbons (Fsp3) is 0.433. The highest BCUT2D eigenvalue weighted by Crippen LogP contribution is 2.35. The molecule has 0 saturated carbocycles. The van der Waals surface area contributed by atoms with E-state index in [-0.39, 0.29) is 17.6 Å². The van der Waals surface area contributed by atoms with E-state index in [2.05, 4.69) is 30.7 Å². The van der Waals surface area contributed by atoms with Crippen molar-refractivity contribution in [1.29, 1.82) is 0 Å². The molecule has 6 rings (SSSR count). The summed E-state index contributed by atoms with van der Waals surface area (Å²) >= 11 is 0. The van der Waals surface area contributed by atoms with Crippen LogP contribution in [0.1, 0.15) is 37.2 Å². The number of aromatic nitrogens is 3. The fourth-order valence-electron chi connectivity index (χ4n) is 6.10. The highest BCUT2D eigenvalue weighted by molar-refractivity contribution is 6.05. The first-order valence-corrected chi connectivity index (χ1v) is 14.0. The maximum absolute atomic E-state index is 13.2. The van der Waals surface area contributed by atoms with Crippen LogP contribution in [0.3, 0.4) is 0 Å². The number of hydrogen-bond acceptors (Lipinski definition) is 6. The standard InChI is InChI=1S/C30H32F3N5O3/c31-30(32,33)41-23-5-3-22(4-6-23)40-19-20-2-1-13-38(17-20)27(39)18-37-14-9-21(10-15-37)24-7-11-34-26-16-36-29-25(28(24)26)8-12-35-29/h3-8,11-12,16,20-21,34H,1-2,9-10,13-15,17-19H2. The summed E-state index contributed by atoms with van der Waals surface area (Å²) in [5.74, 6) is 0.904. The molecule has 2 fully saturated rings. The second kappa shape index (κ2) is 11.6. The average Bonchev–Trinajstić information content (AvgIpc) is 3.46. The third-order valence-corrected chi connectivity index (χ3v) is 8.12. The normalized spacial score (nSPS) is 19.1. The number of ether oxygens (including phenoxy) is 2. The van der Waals surface area contributed by atoms with E-state index in [1.807, 2.05) is 23.4 Å². The van der Waals surface area contributed by atoms with Crippen LogP contribution in [0.25, 0.3) is 21.9 Å². The maximum Gasteiger partial charge on any atom is 0.573 e. The number of carbonyl (C=O) groups excluding carboxylic acids is 1. The first-order chi connectivity index (χ1) is 19.8. The number of rotatable bonds is 7. The molecule has 3 aromatic heterocycles. The van der Waals surface area contributed by atoms with E-state index in [4.69, 9.17) is 4.74 Å². The lowest BCUT2D eigenvalue weighted by molar-refractivity contribution is -0.274. The van der Waals surface area contributed by atoms with Crippen molar-refractivity contribution < 1.29 is 27.4 Å². The summed E-state index contributed by atoms with van der Waals surface area (Å²) in [5, 5.41) is 2.26. The molecule has 1 atom stereocenters. The molecule has 0 aliphatic carbocycles. The monoisotopic (exact) mass is 567 g/mol. The molecular weight excluding hydrogens is 535 g/mol. The van der Waals surface area contributed by atoms with Crippen molar-refractivity contribution in [3.05, 3.63) is 60.6 Å². The van der Waals surface area contributed by atoms with Gasteiger partial charge in [-0.25, -0.2) is 9.97 Å². The third-order valence-electron chi connectivity index (χ3n) is 8.12. The van der Waals surface area contributed by atoms with Crippen molar-refractivity contribution in [1.82, 2.24) is 24.8 Å². The van der Waals surface area contributed by atoms with Crippen molar-refractivity contribution in [2.75, 3.05) is 39.3 Å². The highest BCUT2D eigenvalue weighted by Gasteiger charge is 2.31. The Balaban J connectivity index is 0.996. The molecule has 41 heavy (non-hydrogen) atoms. The van der Waals surface area contributed by atoms with Gasteiger partial charge in [0.2, 0.25) is 5.91 Å². The zero-order valence-electron chi connectivity index (χ0n) is 22.6. The quantitative estimate of drug-likeness (QED) is 0.317. The second-order valence-corrected chi connectivity index (χ2v) is 10.9. The lowest BCUT2D eigenvalue weighted by atomic mass is 9.87. The Bertz CT molecular complexity index is 1500. The van der Waals surface area contributed by atoms with Crippen LogP contribution in [0.2, 0.25) is 0 Å². The SMILES string of the molecule is O=C(CN1CCC(c2cc[nH]c3cnc4nccc4c23)CC1)N1CCCC(COc2ccc(OC(F)(F)F)cc2)C1. The molecule has 8 nitrogen and oxygen atoms in total. The topological polar surface area (TPSA) is 83.6 Å². The number of alkyl halides is 3. The van der Waals surface area contributed by atoms with Crippen LogP contribution in [0, 0.1) is 5.92 Å². The Kier molecular flexibility index (Phi) is 7.70. The van der Waals surface area contributed by atoms with Gasteiger partial charge in [-0.05, 0) is 86.7 Å². The van der Waals surface area contributed by atoms with Crippen molar-refractivity contribution >= 4 is 27.8 Å². The van der Waals surface area contributed by atoms with Crippen LogP contribution in [0.15, 0.2) is 55.0 Å². The van der Waals surface area contributed by atoms with E-state index in [1.165, 1.54) is 35.2 Å². The third kappa shape index (κ3) is 6.40. The molecule has 0 radical (unpaired) electrons. The smallest absolute Gasteiger partial charge is 0.493 e. The van der Waals surface area contributed by atoms with E-state index in [0.717, 1.165) is 61.9 Å². The minimum Gasteiger partial charge on any atom is -0.493 e. The summed E-state index contributed by atoms with van der Waals surface area (Å²) < 4.78 is 46.8. The number of H-pyrrole nitrogens is 1. The Morgan fingerprint density at radius 2 is 1.78 bits per heavy atom. The first kappa shape index (κ1) is 27.3. The number of fused-ring (bicyclic) bond motifs is 3. The number of hydrogen-bond donors (Lipinski definition) is 1. The lowest BCUT2D eigenvalue weighted by Crippen LogP contribution is -2.47. The minimum atomic E-state index is -4.72. The predicted octanol–water partition coefficient (Wildman–Crippen LogP) is 5.51. The van der Waals surface area contributed by atoms with Gasteiger partial charge < -0.3 is 19.4 Å². The van der Waals surface area contributed by atoms with Gasteiger partial charge in [0.15, 0.2) is 5.65 Å². The van der Waals surface area contributed by atoms with Gasteiger partial charge in [0.05, 0.1) is 24.9 Å². The summed E-state index contributed by atoms with van der Waals surface area (Å²) in [4.78, 5) is 29.5. The van der Waals surface area contributed by atoms with Gasteiger partial charge in [0.1, 0.15) is 11.5 Å². The van der Waals surface area contributed by atoms with Gasteiger partial charge >= 0.3 is 6.36 Å². The summed E-state index contributed by atoms with van der Waals surface area (Å²) in [6.45, 7) is 3.88. The molecule has 5 heterocycles. The van der Waals surface area contributed by atoms with Gasteiger partial charge in [-0.2, -0.15) is 0 Å². The summed E-state index contributed by atoms with van der Waals surface area (Å²) in [6.07, 6.45) is 4.70. The number of carbonyl (C=O) groups is 1. The van der Waals surface area contributed by atoms with E-state index in [0.29, 0.717) is 31.4 Å². The van der Waals surface area contributed by atoms with E-state index < -0.39 is 6.36 Å². The fourth-order valence-corrected chi connectivity index (χ4v) is 6.10. The van der Waals surface area contributed by atoms with Crippen LogP contribution in [-0.2, 0) is 4.79 Å². The van der Waals surface area contributed by atoms with Crippen molar-refractivity contribution in [2.24, 2.45) is 5.92 Å². The Labute approximate surface area is 235 Å². The average molecular weight is 568 g/mol. The zero-order valence-corrected chi connectivity index (χ0v) is 22.6. The molecule has 2 saturated heterocycles. The van der Waals surface area contributed by atoms with Crippen molar-refractivity contribution in [2.45, 2.75) is 38.0 Å². The summed E-state index contributed by atoms with van der Waals surface area (Å²) in [6, 6.07) is 9.58. The molecule has 4 aromatic rings. The van der Waals surface area contributed by atoms with E-state index >= 15 is 0 Å². The van der Waals surface area contributed by atoms with Gasteiger partial charge in [-0.3, -0.25) is 9.69 Å². The van der Waals surface area contributed by atoms with E-state index in [1.54, 1.807) is 6.20 Å². The Morgan fingerprint density at radius 3 is 2.56 bits per heavy atom. The molecule has 2 aliphatic rings. The molecule has 11 heteroatoms. The van der Waals surface area contributed by atoms with Gasteiger partial charge in [0.25, 0.3) is 0 Å². The molecular formula is C30H32F3N5O3. The maximum atomic E-state index is 13.2. The number of pyridine rings is 2. The van der Waals surface area contributed by atoms with Crippen molar-refractivity contribution in [3.63, 3.8) is 0 Å². The summed E-state index contributed by atoms with van der Waals surface area (Å²) in [5.41, 5.74) is 3.09. The van der Waals surface area contributed by atoms with Crippen LogP contribution < -0.4 is 9.47 Å². The zero-order chi connectivity index (χ0) is 28.4. The molecule has 0 bridgehead atoms. The number of aromatic amines is 1. The number of likely N-dealkylation sites (tertiary alicyclic amines) is 2. The molecule has 2 aliphatic heterocycles. The van der Waals surface area contributed by atoms with Crippen molar-refractivity contribution in [3.8, 4) is 11.5 Å². The number of piperidine rings is 2. The number of halogens is 3. The number of nitrogens with one attached hydrogen (secondary N) is 1. The predicted molar refractivity (Wildman–Crippen MR) is 148 cm³/mol. The first-order valence-electron chi connectivity index (χ1n) is 14.0. The molecule has 1 unspecified atom stereocenters. The van der Waals surface area contributed by atoms with Gasteiger partial charge in [-0.15, -0.1) is 13.2 Å². The van der Waals surface area contributed by atoms with E-state index in [9.17, 15) is 18.0 Å². The largest absolute Gasteiger partial charge is 0.573 e. The molecule has 0 spiro atoms. The van der Waals surface area contributed by atoms with Crippen LogP contribution >= 0.6 is 0 Å². The lowest BCUT2D eigenvalue weighted by Gasteiger charge is -2.36. The molecule has 216 valence electrons. The summed E-state index contributed by atoms with van der Waals surface area (Å²) in [7, 11) is 0. The van der Waals surface area contributed by atoms with Gasteiger partial charge in [0, 0.05) is 42.2 Å². The van der Waals surface area contributed by atoms with Crippen LogP contribution in [0.5, 0.6) is 11.5 Å². The Morgan fingerprint density at radius 1 is 1.00 bits per heavy atom. The minimum absolute atomic E-state index is 0.136. The van der Waals surface area contributed by atoms with Crippen LogP contribution in [0.4, 0.5) is 13.2 Å². The highest BCUT2D eigenvalue weighted by atomic mass is 19.4. The molecule has 1 amide bonds. The number of benzene rings is 1. The number of amides is 1.